The molecule has 0 fully saturated rings. The van der Waals surface area contributed by atoms with Gasteiger partial charge in [0.25, 0.3) is 0 Å². The summed E-state index contributed by atoms with van der Waals surface area (Å²) in [5.41, 5.74) is 4.00. The summed E-state index contributed by atoms with van der Waals surface area (Å²) in [4.78, 5) is 19.8. The normalized spacial score (nSPS) is 11.0. The van der Waals surface area contributed by atoms with Gasteiger partial charge in [0.2, 0.25) is 0 Å². The highest BCUT2D eigenvalue weighted by atomic mass is 35.5. The maximum Gasteiger partial charge on any atom is 0.307 e. The van der Waals surface area contributed by atoms with E-state index in [1.165, 1.54) is 6.33 Å². The first-order valence-corrected chi connectivity index (χ1v) is 11.0. The molecule has 7 nitrogen and oxygen atoms in total. The van der Waals surface area contributed by atoms with Crippen molar-refractivity contribution in [1.82, 2.24) is 9.97 Å². The number of fused-ring (bicyclic) bond motifs is 1. The van der Waals surface area contributed by atoms with Gasteiger partial charge in [0.15, 0.2) is 5.58 Å². The number of rotatable bonds is 9. The Bertz CT molecular complexity index is 1300. The van der Waals surface area contributed by atoms with Crippen molar-refractivity contribution in [3.8, 4) is 17.0 Å². The number of ether oxygens (including phenoxy) is 1. The molecule has 0 amide bonds. The molecule has 0 unspecified atom stereocenters. The highest BCUT2D eigenvalue weighted by Crippen LogP contribution is 2.31. The number of anilines is 1. The molecule has 0 saturated heterocycles. The van der Waals surface area contributed by atoms with E-state index in [4.69, 9.17) is 25.9 Å². The van der Waals surface area contributed by atoms with Gasteiger partial charge in [-0.05, 0) is 32.4 Å². The third-order valence-electron chi connectivity index (χ3n) is 5.32. The minimum absolute atomic E-state index is 0.0977. The number of hydrogen-bond donors (Lipinski definition) is 2. The molecular weight excluding hydrogens is 442 g/mol. The lowest BCUT2D eigenvalue weighted by atomic mass is 10.1. The Morgan fingerprint density at radius 2 is 2.06 bits per heavy atom. The van der Waals surface area contributed by atoms with Crippen molar-refractivity contribution in [2.45, 2.75) is 26.7 Å². The molecule has 0 saturated carbocycles. The van der Waals surface area contributed by atoms with Crippen molar-refractivity contribution in [2.75, 3.05) is 18.5 Å². The summed E-state index contributed by atoms with van der Waals surface area (Å²) in [6, 6.07) is 13.0. The number of para-hydroxylation sites is 1. The van der Waals surface area contributed by atoms with Crippen LogP contribution in [0, 0.1) is 6.92 Å². The quantitative estimate of drug-likeness (QED) is 0.335. The van der Waals surface area contributed by atoms with Crippen LogP contribution in [0.1, 0.15) is 23.8 Å². The van der Waals surface area contributed by atoms with Crippen LogP contribution in [0.5, 0.6) is 5.75 Å². The molecule has 4 aromatic rings. The molecule has 0 aliphatic rings. The topological polar surface area (TPSA) is 97.5 Å². The maximum absolute atomic E-state index is 11.1. The number of benzene rings is 2. The zero-order valence-electron chi connectivity index (χ0n) is 18.4. The zero-order chi connectivity index (χ0) is 23.4. The highest BCUT2D eigenvalue weighted by molar-refractivity contribution is 6.34. The number of hydrogen-bond acceptors (Lipinski definition) is 6. The van der Waals surface area contributed by atoms with Crippen molar-refractivity contribution in [1.29, 1.82) is 0 Å². The summed E-state index contributed by atoms with van der Waals surface area (Å²) >= 11 is 6.25. The molecule has 2 aromatic carbocycles. The predicted octanol–water partition coefficient (Wildman–Crippen LogP) is 5.53. The summed E-state index contributed by atoms with van der Waals surface area (Å²) in [5, 5.41) is 14.1. The van der Waals surface area contributed by atoms with Crippen molar-refractivity contribution in [3.05, 3.63) is 70.7 Å². The Balaban J connectivity index is 1.50. The lowest BCUT2D eigenvalue weighted by Gasteiger charge is -2.12. The van der Waals surface area contributed by atoms with Crippen LogP contribution in [0.15, 0.2) is 53.2 Å². The number of aryl methyl sites for hydroxylation is 1. The minimum atomic E-state index is -0.903. The first kappa shape index (κ1) is 22.6. The smallest absolute Gasteiger partial charge is 0.307 e. The van der Waals surface area contributed by atoms with E-state index in [0.717, 1.165) is 28.7 Å². The van der Waals surface area contributed by atoms with E-state index in [-0.39, 0.29) is 6.42 Å². The van der Waals surface area contributed by atoms with Crippen LogP contribution in [0.3, 0.4) is 0 Å². The van der Waals surface area contributed by atoms with Crippen LogP contribution < -0.4 is 10.1 Å². The van der Waals surface area contributed by atoms with Crippen LogP contribution in [-0.4, -0.2) is 34.2 Å². The Morgan fingerprint density at radius 1 is 1.21 bits per heavy atom. The highest BCUT2D eigenvalue weighted by Gasteiger charge is 2.14. The van der Waals surface area contributed by atoms with E-state index < -0.39 is 5.97 Å². The van der Waals surface area contributed by atoms with Crippen molar-refractivity contribution < 1.29 is 19.1 Å². The van der Waals surface area contributed by atoms with Gasteiger partial charge in [-0.2, -0.15) is 0 Å². The van der Waals surface area contributed by atoms with Crippen molar-refractivity contribution >= 4 is 34.4 Å². The van der Waals surface area contributed by atoms with Gasteiger partial charge in [-0.3, -0.25) is 4.79 Å². The monoisotopic (exact) mass is 465 g/mol. The molecule has 0 radical (unpaired) electrons. The summed E-state index contributed by atoms with van der Waals surface area (Å²) in [6.07, 6.45) is 2.15. The first-order chi connectivity index (χ1) is 16.0. The van der Waals surface area contributed by atoms with Crippen LogP contribution >= 0.6 is 11.6 Å². The third kappa shape index (κ3) is 5.09. The van der Waals surface area contributed by atoms with Gasteiger partial charge in [-0.1, -0.05) is 35.9 Å². The molecule has 0 spiro atoms. The van der Waals surface area contributed by atoms with Gasteiger partial charge >= 0.3 is 5.97 Å². The van der Waals surface area contributed by atoms with Gasteiger partial charge < -0.3 is 19.6 Å². The number of nitrogens with one attached hydrogen (secondary N) is 1. The van der Waals surface area contributed by atoms with Gasteiger partial charge in [0.05, 0.1) is 23.7 Å². The summed E-state index contributed by atoms with van der Waals surface area (Å²) in [7, 11) is 0. The van der Waals surface area contributed by atoms with Crippen molar-refractivity contribution in [3.63, 3.8) is 0 Å². The summed E-state index contributed by atoms with van der Waals surface area (Å²) in [6.45, 7) is 4.90. The van der Waals surface area contributed by atoms with Crippen molar-refractivity contribution in [2.24, 2.45) is 0 Å². The van der Waals surface area contributed by atoms with E-state index in [1.807, 2.05) is 50.2 Å². The maximum atomic E-state index is 11.1. The number of aromatic nitrogens is 2. The van der Waals surface area contributed by atoms with E-state index >= 15 is 0 Å². The molecule has 2 aromatic heterocycles. The average Bonchev–Trinajstić information content (AvgIpc) is 3.12. The molecule has 2 N–H and O–H groups in total. The van der Waals surface area contributed by atoms with Crippen LogP contribution in [-0.2, 0) is 17.6 Å². The fourth-order valence-electron chi connectivity index (χ4n) is 3.81. The van der Waals surface area contributed by atoms with Gasteiger partial charge in [-0.15, -0.1) is 0 Å². The zero-order valence-corrected chi connectivity index (χ0v) is 19.1. The standard InChI is InChI=1S/C25H24ClN3O4/c1-3-32-22-11-16(7-8-17(22)12-24(30)31)21-13-23(29-14-28-21)27-10-9-18-15(2)33-25-19(18)5-4-6-20(25)26/h4-8,11,13-14H,3,9-10,12H2,1-2H3,(H,30,31)(H,27,28,29). The second kappa shape index (κ2) is 9.92. The average molecular weight is 466 g/mol. The number of furan rings is 1. The second-order valence-corrected chi connectivity index (χ2v) is 7.95. The number of nitrogens with zero attached hydrogens (tertiary/aromatic N) is 2. The summed E-state index contributed by atoms with van der Waals surface area (Å²) in [5.74, 6) is 1.19. The molecule has 0 aliphatic heterocycles. The lowest BCUT2D eigenvalue weighted by Crippen LogP contribution is -2.07. The molecule has 0 atom stereocenters. The second-order valence-electron chi connectivity index (χ2n) is 7.54. The lowest BCUT2D eigenvalue weighted by molar-refractivity contribution is -0.136. The minimum Gasteiger partial charge on any atom is -0.494 e. The molecule has 4 rings (SSSR count). The van der Waals surface area contributed by atoms with Gasteiger partial charge in [0.1, 0.15) is 23.7 Å². The Kier molecular flexibility index (Phi) is 6.79. The largest absolute Gasteiger partial charge is 0.494 e. The molecule has 0 aliphatic carbocycles. The van der Waals surface area contributed by atoms with Gasteiger partial charge in [-0.25, -0.2) is 9.97 Å². The Hall–Kier alpha value is -3.58. The number of carboxylic acids is 1. The first-order valence-electron chi connectivity index (χ1n) is 10.7. The number of aliphatic carboxylic acids is 1. The number of halogens is 1. The van der Waals surface area contributed by atoms with E-state index in [2.05, 4.69) is 15.3 Å². The molecule has 33 heavy (non-hydrogen) atoms. The van der Waals surface area contributed by atoms with E-state index in [1.54, 1.807) is 6.07 Å². The fraction of sp³-hybridized carbons (Fsp3) is 0.240. The summed E-state index contributed by atoms with van der Waals surface area (Å²) < 4.78 is 11.5. The third-order valence-corrected chi connectivity index (χ3v) is 5.62. The van der Waals surface area contributed by atoms with Crippen LogP contribution in [0.25, 0.3) is 22.2 Å². The Morgan fingerprint density at radius 3 is 2.85 bits per heavy atom. The molecular formula is C25H24ClN3O4. The molecule has 8 heteroatoms. The SMILES string of the molecule is CCOc1cc(-c2cc(NCCc3c(C)oc4c(Cl)cccc34)ncn2)ccc1CC(=O)O. The molecule has 170 valence electrons. The van der Waals surface area contributed by atoms with Crippen LogP contribution in [0.4, 0.5) is 5.82 Å². The van der Waals surface area contributed by atoms with E-state index in [9.17, 15) is 4.79 Å². The fourth-order valence-corrected chi connectivity index (χ4v) is 4.02. The molecule has 2 heterocycles. The number of carboxylic acid groups (broad SMARTS) is 1. The molecule has 0 bridgehead atoms. The predicted molar refractivity (Wildman–Crippen MR) is 128 cm³/mol. The van der Waals surface area contributed by atoms with Gasteiger partial charge in [0, 0.05) is 34.7 Å². The van der Waals surface area contributed by atoms with Crippen LogP contribution in [0.2, 0.25) is 5.02 Å². The Labute approximate surface area is 196 Å². The van der Waals surface area contributed by atoms with E-state index in [0.29, 0.717) is 46.6 Å². The number of carbonyl (C=O) groups is 1.